The number of nitrogens with one attached hydrogen (secondary N) is 1. The monoisotopic (exact) mass is 239 g/mol. The molecule has 4 nitrogen and oxygen atoms in total. The van der Waals surface area contributed by atoms with E-state index in [9.17, 15) is 18.0 Å². The number of urea groups is 1. The van der Waals surface area contributed by atoms with Crippen LogP contribution in [0.25, 0.3) is 0 Å². The molecule has 2 aliphatic rings. The van der Waals surface area contributed by atoms with Gasteiger partial charge in [0.1, 0.15) is 5.37 Å². The Balaban J connectivity index is 2.29. The molecule has 0 aromatic carbocycles. The van der Waals surface area contributed by atoms with Crippen LogP contribution in [0.2, 0.25) is 0 Å². The number of rotatable bonds is 0. The molecule has 84 valence electrons. The third-order valence-electron chi connectivity index (χ3n) is 2.14. The summed E-state index contributed by atoms with van der Waals surface area (Å²) in [6.45, 7) is 3.33. The second-order valence-corrected chi connectivity index (χ2v) is 4.94. The average molecular weight is 239 g/mol. The van der Waals surface area contributed by atoms with Crippen molar-refractivity contribution >= 4 is 22.8 Å². The van der Waals surface area contributed by atoms with E-state index in [1.54, 1.807) is 13.8 Å². The lowest BCUT2D eigenvalue weighted by molar-refractivity contribution is -0.0559. The highest BCUT2D eigenvalue weighted by molar-refractivity contribution is 8.14. The number of fused-ring (bicyclic) bond motifs is 1. The summed E-state index contributed by atoms with van der Waals surface area (Å²) in [7, 11) is 0. The van der Waals surface area contributed by atoms with Gasteiger partial charge in [0.2, 0.25) is 5.04 Å². The second kappa shape index (κ2) is 2.81. The lowest BCUT2D eigenvalue weighted by Crippen LogP contribution is -2.41. The summed E-state index contributed by atoms with van der Waals surface area (Å²) in [5.74, 6) is 0. The molecule has 0 saturated carbocycles. The van der Waals surface area contributed by atoms with E-state index >= 15 is 0 Å². The Bertz CT molecular complexity index is 352. The normalized spacial score (nSPS) is 28.9. The minimum absolute atomic E-state index is 0.566. The van der Waals surface area contributed by atoms with Gasteiger partial charge in [-0.25, -0.2) is 4.79 Å². The number of halogens is 3. The molecule has 2 rings (SSSR count). The molecule has 15 heavy (non-hydrogen) atoms. The third-order valence-corrected chi connectivity index (χ3v) is 3.69. The molecule has 0 aliphatic carbocycles. The minimum atomic E-state index is -4.48. The maximum Gasteiger partial charge on any atom is 0.441 e. The van der Waals surface area contributed by atoms with Gasteiger partial charge in [-0.3, -0.25) is 0 Å². The summed E-state index contributed by atoms with van der Waals surface area (Å²) in [6, 6.07) is -0.586. The van der Waals surface area contributed by atoms with Gasteiger partial charge in [0, 0.05) is 0 Å². The van der Waals surface area contributed by atoms with Gasteiger partial charge in [-0.15, -0.1) is 0 Å². The van der Waals surface area contributed by atoms with E-state index in [1.807, 2.05) is 0 Å². The van der Waals surface area contributed by atoms with Crippen LogP contribution >= 0.6 is 11.8 Å². The zero-order valence-corrected chi connectivity index (χ0v) is 8.74. The van der Waals surface area contributed by atoms with Gasteiger partial charge in [-0.05, 0) is 13.8 Å². The smallest absolute Gasteiger partial charge is 0.329 e. The topological polar surface area (TPSA) is 44.7 Å². The van der Waals surface area contributed by atoms with Crippen molar-refractivity contribution in [2.45, 2.75) is 30.9 Å². The van der Waals surface area contributed by atoms with Crippen LogP contribution in [0.5, 0.6) is 0 Å². The van der Waals surface area contributed by atoms with Crippen LogP contribution < -0.4 is 5.32 Å². The van der Waals surface area contributed by atoms with Crippen LogP contribution in [-0.2, 0) is 0 Å². The first-order valence-electron chi connectivity index (χ1n) is 4.15. The number of nitrogens with zero attached hydrogens (tertiary/aromatic N) is 2. The maximum absolute atomic E-state index is 12.3. The molecule has 0 aromatic heterocycles. The van der Waals surface area contributed by atoms with E-state index in [2.05, 4.69) is 10.4 Å². The molecule has 1 saturated heterocycles. The van der Waals surface area contributed by atoms with Crippen molar-refractivity contribution in [3.8, 4) is 0 Å². The first-order chi connectivity index (χ1) is 6.72. The Kier molecular flexibility index (Phi) is 1.98. The molecule has 0 unspecified atom stereocenters. The van der Waals surface area contributed by atoms with Gasteiger partial charge in [0.05, 0.1) is 5.54 Å². The minimum Gasteiger partial charge on any atom is -0.329 e. The molecule has 8 heteroatoms. The third kappa shape index (κ3) is 1.56. The van der Waals surface area contributed by atoms with E-state index in [-0.39, 0.29) is 0 Å². The van der Waals surface area contributed by atoms with Gasteiger partial charge in [0.25, 0.3) is 0 Å². The van der Waals surface area contributed by atoms with Gasteiger partial charge in [-0.2, -0.15) is 23.3 Å². The molecule has 0 radical (unpaired) electrons. The van der Waals surface area contributed by atoms with Crippen LogP contribution in [0, 0.1) is 0 Å². The van der Waals surface area contributed by atoms with Crippen molar-refractivity contribution in [2.24, 2.45) is 5.10 Å². The summed E-state index contributed by atoms with van der Waals surface area (Å²) in [6.07, 6.45) is -4.48. The predicted octanol–water partition coefficient (Wildman–Crippen LogP) is 1.74. The number of hydrogen-bond donors (Lipinski definition) is 1. The average Bonchev–Trinajstić information content (AvgIpc) is 2.51. The highest BCUT2D eigenvalue weighted by atomic mass is 32.2. The van der Waals surface area contributed by atoms with E-state index in [0.29, 0.717) is 11.8 Å². The zero-order chi connectivity index (χ0) is 11.4. The lowest BCUT2D eigenvalue weighted by Gasteiger charge is -2.22. The molecule has 1 atom stereocenters. The standard InChI is InChI=1S/C7H8F3N3OS/c1-6(2)4-13(5(14)11-6)12-3(15-4)7(8,9)10/h4H,1-2H3,(H,11,14)/t4-/m1/s1. The number of amides is 2. The second-order valence-electron chi connectivity index (χ2n) is 3.87. The molecule has 1 N–H and O–H groups in total. The number of carbonyl (C=O) groups is 1. The van der Waals surface area contributed by atoms with Gasteiger partial charge >= 0.3 is 12.2 Å². The molecular formula is C7H8F3N3OS. The Hall–Kier alpha value is -0.920. The fourth-order valence-corrected chi connectivity index (χ4v) is 2.53. The molecule has 2 aliphatic heterocycles. The van der Waals surface area contributed by atoms with Crippen molar-refractivity contribution in [3.63, 3.8) is 0 Å². The molecule has 2 amide bonds. The van der Waals surface area contributed by atoms with Crippen LogP contribution in [-0.4, -0.2) is 33.2 Å². The fourth-order valence-electron chi connectivity index (χ4n) is 1.45. The largest absolute Gasteiger partial charge is 0.441 e. The Labute approximate surface area is 87.9 Å². The SMILES string of the molecule is CC1(C)NC(=O)N2N=C(C(F)(F)F)S[C@@H]21. The van der Waals surface area contributed by atoms with Crippen LogP contribution in [0.1, 0.15) is 13.8 Å². The molecule has 0 spiro atoms. The maximum atomic E-state index is 12.3. The van der Waals surface area contributed by atoms with Crippen molar-refractivity contribution < 1.29 is 18.0 Å². The summed E-state index contributed by atoms with van der Waals surface area (Å²) in [4.78, 5) is 11.3. The molecule has 0 aromatic rings. The Morgan fingerprint density at radius 2 is 2.13 bits per heavy atom. The van der Waals surface area contributed by atoms with E-state index in [0.717, 1.165) is 5.01 Å². The summed E-state index contributed by atoms with van der Waals surface area (Å²) >= 11 is 0.566. The molecule has 0 bridgehead atoms. The quantitative estimate of drug-likeness (QED) is 0.699. The highest BCUT2D eigenvalue weighted by Crippen LogP contribution is 2.42. The van der Waals surface area contributed by atoms with Crippen LogP contribution in [0.15, 0.2) is 5.10 Å². The Morgan fingerprint density at radius 3 is 2.60 bits per heavy atom. The summed E-state index contributed by atoms with van der Waals surface area (Å²) < 4.78 is 37.0. The van der Waals surface area contributed by atoms with E-state index in [1.165, 1.54) is 0 Å². The number of hydrogen-bond acceptors (Lipinski definition) is 3. The van der Waals surface area contributed by atoms with Gasteiger partial charge in [0.15, 0.2) is 0 Å². The first kappa shape index (κ1) is 10.6. The van der Waals surface area contributed by atoms with E-state index < -0.39 is 28.2 Å². The van der Waals surface area contributed by atoms with Gasteiger partial charge in [-0.1, -0.05) is 11.8 Å². The highest BCUT2D eigenvalue weighted by Gasteiger charge is 2.54. The van der Waals surface area contributed by atoms with Crippen molar-refractivity contribution in [1.29, 1.82) is 0 Å². The number of hydrazone groups is 1. The molecular weight excluding hydrogens is 231 g/mol. The zero-order valence-electron chi connectivity index (χ0n) is 7.92. The number of carbonyl (C=O) groups excluding carboxylic acids is 1. The molecule has 2 heterocycles. The Morgan fingerprint density at radius 1 is 1.53 bits per heavy atom. The number of thioether (sulfide) groups is 1. The van der Waals surface area contributed by atoms with Crippen molar-refractivity contribution in [3.05, 3.63) is 0 Å². The number of alkyl halides is 3. The predicted molar refractivity (Wildman–Crippen MR) is 49.3 cm³/mol. The summed E-state index contributed by atoms with van der Waals surface area (Å²) in [5.41, 5.74) is -0.710. The van der Waals surface area contributed by atoms with Gasteiger partial charge < -0.3 is 5.32 Å². The van der Waals surface area contributed by atoms with Crippen molar-refractivity contribution in [2.75, 3.05) is 0 Å². The lowest BCUT2D eigenvalue weighted by atomic mass is 10.1. The first-order valence-corrected chi connectivity index (χ1v) is 5.03. The van der Waals surface area contributed by atoms with Crippen LogP contribution in [0.3, 0.4) is 0 Å². The van der Waals surface area contributed by atoms with Crippen molar-refractivity contribution in [1.82, 2.24) is 10.3 Å². The van der Waals surface area contributed by atoms with E-state index in [4.69, 9.17) is 0 Å². The van der Waals surface area contributed by atoms with Crippen LogP contribution in [0.4, 0.5) is 18.0 Å². The molecule has 1 fully saturated rings. The fraction of sp³-hybridized carbons (Fsp3) is 0.714. The summed E-state index contributed by atoms with van der Waals surface area (Å²) in [5, 5.41) is 5.10.